The third-order valence-electron chi connectivity index (χ3n) is 2.35. The van der Waals surface area contributed by atoms with E-state index in [-0.39, 0.29) is 11.9 Å². The quantitative estimate of drug-likeness (QED) is 0.696. The summed E-state index contributed by atoms with van der Waals surface area (Å²) in [4.78, 5) is 11.1. The number of hydrogen-bond acceptors (Lipinski definition) is 3. The summed E-state index contributed by atoms with van der Waals surface area (Å²) in [6.07, 6.45) is 2.42. The van der Waals surface area contributed by atoms with Gasteiger partial charge in [0.25, 0.3) is 0 Å². The Kier molecular flexibility index (Phi) is 4.30. The maximum atomic E-state index is 11.1. The van der Waals surface area contributed by atoms with Crippen LogP contribution in [-0.2, 0) is 11.3 Å². The van der Waals surface area contributed by atoms with E-state index in [4.69, 9.17) is 5.73 Å². The van der Waals surface area contributed by atoms with E-state index in [0.29, 0.717) is 13.0 Å². The van der Waals surface area contributed by atoms with Crippen molar-refractivity contribution >= 4 is 5.91 Å². The lowest BCUT2D eigenvalue weighted by molar-refractivity contribution is -0.120. The van der Waals surface area contributed by atoms with Gasteiger partial charge in [-0.2, -0.15) is 5.10 Å². The average Bonchev–Trinajstić information content (AvgIpc) is 2.58. The van der Waals surface area contributed by atoms with Crippen LogP contribution in [0.5, 0.6) is 0 Å². The largest absolute Gasteiger partial charge is 0.368 e. The summed E-state index contributed by atoms with van der Waals surface area (Å²) < 4.78 is 1.87. The predicted octanol–water partition coefficient (Wildman–Crippen LogP) is 0.0450. The molecule has 15 heavy (non-hydrogen) atoms. The number of primary amides is 1. The highest BCUT2D eigenvalue weighted by Gasteiger charge is 2.13. The Morgan fingerprint density at radius 1 is 1.73 bits per heavy atom. The number of nitrogens with two attached hydrogens (primary N) is 1. The normalized spacial score (nSPS) is 12.7. The van der Waals surface area contributed by atoms with Gasteiger partial charge in [-0.1, -0.05) is 6.92 Å². The number of carbonyl (C=O) groups is 1. The minimum Gasteiger partial charge on any atom is -0.368 e. The molecule has 5 nitrogen and oxygen atoms in total. The Morgan fingerprint density at radius 3 is 2.93 bits per heavy atom. The summed E-state index contributed by atoms with van der Waals surface area (Å²) in [5, 5.41) is 7.19. The van der Waals surface area contributed by atoms with E-state index in [1.165, 1.54) is 0 Å². The topological polar surface area (TPSA) is 72.9 Å². The molecule has 0 fully saturated rings. The number of nitrogens with zero attached hydrogens (tertiary/aromatic N) is 2. The van der Waals surface area contributed by atoms with Gasteiger partial charge in [-0.3, -0.25) is 9.48 Å². The summed E-state index contributed by atoms with van der Waals surface area (Å²) in [5.74, 6) is -0.304. The highest BCUT2D eigenvalue weighted by Crippen LogP contribution is 2.00. The average molecular weight is 210 g/mol. The summed E-state index contributed by atoms with van der Waals surface area (Å²) >= 11 is 0. The molecule has 0 aliphatic rings. The van der Waals surface area contributed by atoms with Crippen LogP contribution < -0.4 is 11.1 Å². The molecule has 1 rings (SSSR count). The fourth-order valence-corrected chi connectivity index (χ4v) is 1.48. The first-order valence-electron chi connectivity index (χ1n) is 5.16. The number of aromatic nitrogens is 2. The first-order chi connectivity index (χ1) is 7.15. The van der Waals surface area contributed by atoms with Gasteiger partial charge in [0.05, 0.1) is 6.04 Å². The first kappa shape index (κ1) is 11.7. The van der Waals surface area contributed by atoms with Crippen LogP contribution in [0.25, 0.3) is 0 Å². The lowest BCUT2D eigenvalue weighted by Gasteiger charge is -2.14. The van der Waals surface area contributed by atoms with E-state index in [0.717, 1.165) is 12.2 Å². The van der Waals surface area contributed by atoms with E-state index in [9.17, 15) is 4.79 Å². The van der Waals surface area contributed by atoms with E-state index >= 15 is 0 Å². The standard InChI is InChI=1S/C10H18N4O/c1-3-12-9(10(11)15)5-7-14-8(2)4-6-13-14/h4,6,9,12H,3,5,7H2,1-2H3,(H2,11,15). The van der Waals surface area contributed by atoms with Crippen molar-refractivity contribution < 1.29 is 4.79 Å². The Bertz CT molecular complexity index is 321. The Balaban J connectivity index is 2.47. The first-order valence-corrected chi connectivity index (χ1v) is 5.16. The van der Waals surface area contributed by atoms with Crippen molar-refractivity contribution in [2.24, 2.45) is 5.73 Å². The van der Waals surface area contributed by atoms with Gasteiger partial charge in [-0.25, -0.2) is 0 Å². The van der Waals surface area contributed by atoms with Gasteiger partial charge in [0, 0.05) is 18.4 Å². The summed E-state index contributed by atoms with van der Waals surface area (Å²) in [5.41, 5.74) is 6.36. The number of likely N-dealkylation sites (N-methyl/N-ethyl adjacent to an activating group) is 1. The molecule has 1 amide bonds. The third kappa shape index (κ3) is 3.36. The fourth-order valence-electron chi connectivity index (χ4n) is 1.48. The molecule has 0 spiro atoms. The zero-order valence-corrected chi connectivity index (χ0v) is 9.23. The van der Waals surface area contributed by atoms with Gasteiger partial charge in [-0.15, -0.1) is 0 Å². The minimum absolute atomic E-state index is 0.265. The number of rotatable bonds is 6. The molecule has 0 aromatic carbocycles. The predicted molar refractivity (Wildman–Crippen MR) is 58.2 cm³/mol. The molecule has 0 saturated heterocycles. The Hall–Kier alpha value is -1.36. The molecule has 84 valence electrons. The SMILES string of the molecule is CCNC(CCn1nccc1C)C(N)=O. The van der Waals surface area contributed by atoms with Crippen LogP contribution in [0.1, 0.15) is 19.0 Å². The second-order valence-electron chi connectivity index (χ2n) is 3.50. The van der Waals surface area contributed by atoms with E-state index in [1.807, 2.05) is 24.6 Å². The molecule has 0 aliphatic heterocycles. The number of nitrogens with one attached hydrogen (secondary N) is 1. The minimum atomic E-state index is -0.304. The Labute approximate surface area is 89.6 Å². The van der Waals surface area contributed by atoms with Crippen molar-refractivity contribution in [2.45, 2.75) is 32.9 Å². The van der Waals surface area contributed by atoms with E-state index < -0.39 is 0 Å². The monoisotopic (exact) mass is 210 g/mol. The smallest absolute Gasteiger partial charge is 0.234 e. The zero-order valence-electron chi connectivity index (χ0n) is 9.23. The second kappa shape index (κ2) is 5.50. The van der Waals surface area contributed by atoms with Crippen LogP contribution in [0.15, 0.2) is 12.3 Å². The second-order valence-corrected chi connectivity index (χ2v) is 3.50. The molecule has 1 atom stereocenters. The van der Waals surface area contributed by atoms with Crippen LogP contribution in [-0.4, -0.2) is 28.3 Å². The summed E-state index contributed by atoms with van der Waals surface area (Å²) in [6, 6.07) is 1.67. The summed E-state index contributed by atoms with van der Waals surface area (Å²) in [7, 11) is 0. The van der Waals surface area contributed by atoms with Crippen molar-refractivity contribution in [1.29, 1.82) is 0 Å². The molecule has 1 aromatic rings. The molecule has 3 N–H and O–H groups in total. The van der Waals surface area contributed by atoms with Crippen molar-refractivity contribution in [3.8, 4) is 0 Å². The van der Waals surface area contributed by atoms with Gasteiger partial charge < -0.3 is 11.1 Å². The number of hydrogen-bond donors (Lipinski definition) is 2. The highest BCUT2D eigenvalue weighted by atomic mass is 16.1. The highest BCUT2D eigenvalue weighted by molar-refractivity contribution is 5.79. The van der Waals surface area contributed by atoms with Gasteiger partial charge in [0.2, 0.25) is 5.91 Å². The summed E-state index contributed by atoms with van der Waals surface area (Å²) in [6.45, 7) is 5.39. The molecule has 0 saturated carbocycles. The van der Waals surface area contributed by atoms with Crippen LogP contribution in [0, 0.1) is 6.92 Å². The Morgan fingerprint density at radius 2 is 2.47 bits per heavy atom. The number of carbonyl (C=O) groups excluding carboxylic acids is 1. The van der Waals surface area contributed by atoms with Gasteiger partial charge >= 0.3 is 0 Å². The van der Waals surface area contributed by atoms with Crippen molar-refractivity contribution in [1.82, 2.24) is 15.1 Å². The molecular weight excluding hydrogens is 192 g/mol. The third-order valence-corrected chi connectivity index (χ3v) is 2.35. The maximum Gasteiger partial charge on any atom is 0.234 e. The molecular formula is C10H18N4O. The van der Waals surface area contributed by atoms with Crippen LogP contribution in [0.3, 0.4) is 0 Å². The molecule has 1 heterocycles. The number of amides is 1. The lowest BCUT2D eigenvalue weighted by atomic mass is 10.2. The maximum absolute atomic E-state index is 11.1. The lowest BCUT2D eigenvalue weighted by Crippen LogP contribution is -2.41. The number of aryl methyl sites for hydroxylation is 2. The molecule has 1 aromatic heterocycles. The molecule has 5 heteroatoms. The molecule has 0 bridgehead atoms. The van der Waals surface area contributed by atoms with Crippen LogP contribution in [0.4, 0.5) is 0 Å². The van der Waals surface area contributed by atoms with Gasteiger partial charge in [-0.05, 0) is 26.0 Å². The van der Waals surface area contributed by atoms with Crippen molar-refractivity contribution in [3.63, 3.8) is 0 Å². The van der Waals surface area contributed by atoms with Gasteiger partial charge in [0.15, 0.2) is 0 Å². The molecule has 0 radical (unpaired) electrons. The van der Waals surface area contributed by atoms with E-state index in [2.05, 4.69) is 10.4 Å². The zero-order chi connectivity index (χ0) is 11.3. The fraction of sp³-hybridized carbons (Fsp3) is 0.600. The van der Waals surface area contributed by atoms with E-state index in [1.54, 1.807) is 6.20 Å². The van der Waals surface area contributed by atoms with Crippen LogP contribution >= 0.6 is 0 Å². The van der Waals surface area contributed by atoms with Crippen molar-refractivity contribution in [3.05, 3.63) is 18.0 Å². The van der Waals surface area contributed by atoms with Crippen molar-refractivity contribution in [2.75, 3.05) is 6.54 Å². The molecule has 0 aliphatic carbocycles. The van der Waals surface area contributed by atoms with Gasteiger partial charge in [0.1, 0.15) is 0 Å². The van der Waals surface area contributed by atoms with Crippen LogP contribution in [0.2, 0.25) is 0 Å². The molecule has 1 unspecified atom stereocenters.